The molecule has 15 heavy (non-hydrogen) atoms. The predicted octanol–water partition coefficient (Wildman–Crippen LogP) is 2.00. The highest BCUT2D eigenvalue weighted by atomic mass is 16.7. The van der Waals surface area contributed by atoms with Gasteiger partial charge in [0.15, 0.2) is 0 Å². The van der Waals surface area contributed by atoms with Crippen molar-refractivity contribution in [3.8, 4) is 0 Å². The summed E-state index contributed by atoms with van der Waals surface area (Å²) < 4.78 is 11.7. The fourth-order valence-corrected chi connectivity index (χ4v) is 3.00. The molecule has 0 aromatic carbocycles. The van der Waals surface area contributed by atoms with Crippen molar-refractivity contribution < 1.29 is 9.47 Å². The normalized spacial score (nSPS) is 37.7. The van der Waals surface area contributed by atoms with Crippen molar-refractivity contribution in [2.24, 2.45) is 11.8 Å². The van der Waals surface area contributed by atoms with Gasteiger partial charge in [-0.2, -0.15) is 0 Å². The molecule has 0 spiro atoms. The first kappa shape index (κ1) is 9.52. The van der Waals surface area contributed by atoms with Gasteiger partial charge in [-0.15, -0.1) is 0 Å². The molecule has 1 aliphatic carbocycles. The second-order valence-corrected chi connectivity index (χ2v) is 5.37. The van der Waals surface area contributed by atoms with Gasteiger partial charge in [0.05, 0.1) is 0 Å². The van der Waals surface area contributed by atoms with E-state index < -0.39 is 5.79 Å². The molecule has 3 rings (SSSR count). The molecule has 3 aliphatic rings. The third-order valence-electron chi connectivity index (χ3n) is 3.71. The maximum absolute atomic E-state index is 5.84. The molecule has 84 valence electrons. The highest BCUT2D eigenvalue weighted by Gasteiger charge is 2.41. The molecule has 2 atom stereocenters. The molecule has 3 nitrogen and oxygen atoms in total. The largest absolute Gasteiger partial charge is 0.454 e. The summed E-state index contributed by atoms with van der Waals surface area (Å²) in [7, 11) is 0. The van der Waals surface area contributed by atoms with Crippen LogP contribution in [-0.2, 0) is 9.47 Å². The lowest BCUT2D eigenvalue weighted by atomic mass is 9.77. The van der Waals surface area contributed by atoms with Crippen molar-refractivity contribution in [1.82, 2.24) is 5.32 Å². The molecular formula is C12H19NO2. The maximum Gasteiger partial charge on any atom is 0.245 e. The van der Waals surface area contributed by atoms with Gasteiger partial charge in [-0.3, -0.25) is 0 Å². The molecule has 1 fully saturated rings. The van der Waals surface area contributed by atoms with E-state index in [2.05, 4.69) is 5.32 Å². The Kier molecular flexibility index (Phi) is 2.00. The van der Waals surface area contributed by atoms with Crippen LogP contribution in [0.15, 0.2) is 11.5 Å². The van der Waals surface area contributed by atoms with Crippen molar-refractivity contribution in [3.05, 3.63) is 11.5 Å². The van der Waals surface area contributed by atoms with E-state index in [1.165, 1.54) is 6.42 Å². The lowest BCUT2D eigenvalue weighted by molar-refractivity contribution is -0.124. The van der Waals surface area contributed by atoms with E-state index in [1.807, 2.05) is 13.8 Å². The monoisotopic (exact) mass is 209 g/mol. The van der Waals surface area contributed by atoms with Gasteiger partial charge < -0.3 is 14.8 Å². The standard InChI is InChI=1S/C12H19NO2/c1-12(2)14-10-5-8-3-4-13-7-9(8)6-11(10)15-12/h8-9,13H,3-7H2,1-2H3. The van der Waals surface area contributed by atoms with E-state index >= 15 is 0 Å². The van der Waals surface area contributed by atoms with Crippen LogP contribution in [0.25, 0.3) is 0 Å². The number of fused-ring (bicyclic) bond motifs is 1. The first-order valence-electron chi connectivity index (χ1n) is 5.95. The van der Waals surface area contributed by atoms with Crippen LogP contribution in [0.2, 0.25) is 0 Å². The zero-order valence-electron chi connectivity index (χ0n) is 9.51. The van der Waals surface area contributed by atoms with Gasteiger partial charge in [0.2, 0.25) is 5.79 Å². The fourth-order valence-electron chi connectivity index (χ4n) is 3.00. The van der Waals surface area contributed by atoms with Crippen LogP contribution >= 0.6 is 0 Å². The van der Waals surface area contributed by atoms with Crippen LogP contribution in [-0.4, -0.2) is 18.9 Å². The number of nitrogens with one attached hydrogen (secondary N) is 1. The zero-order valence-corrected chi connectivity index (χ0v) is 9.51. The Morgan fingerprint density at radius 1 is 1.13 bits per heavy atom. The third kappa shape index (κ3) is 1.63. The third-order valence-corrected chi connectivity index (χ3v) is 3.71. The predicted molar refractivity (Wildman–Crippen MR) is 57.0 cm³/mol. The first-order chi connectivity index (χ1) is 7.14. The molecule has 0 radical (unpaired) electrons. The molecule has 2 aliphatic heterocycles. The van der Waals surface area contributed by atoms with Gasteiger partial charge in [-0.1, -0.05) is 0 Å². The average molecular weight is 209 g/mol. The molecule has 3 heteroatoms. The van der Waals surface area contributed by atoms with E-state index in [0.29, 0.717) is 0 Å². The topological polar surface area (TPSA) is 30.5 Å². The van der Waals surface area contributed by atoms with Gasteiger partial charge in [0.25, 0.3) is 0 Å². The van der Waals surface area contributed by atoms with Crippen LogP contribution in [0.1, 0.15) is 33.1 Å². The summed E-state index contributed by atoms with van der Waals surface area (Å²) in [6.45, 7) is 6.29. The Morgan fingerprint density at radius 2 is 1.80 bits per heavy atom. The van der Waals surface area contributed by atoms with E-state index in [0.717, 1.165) is 49.3 Å². The molecule has 0 saturated carbocycles. The first-order valence-corrected chi connectivity index (χ1v) is 5.95. The van der Waals surface area contributed by atoms with E-state index in [4.69, 9.17) is 9.47 Å². The Labute approximate surface area is 90.8 Å². The minimum atomic E-state index is -0.425. The molecule has 0 bridgehead atoms. The average Bonchev–Trinajstić information content (AvgIpc) is 2.46. The Morgan fingerprint density at radius 3 is 2.53 bits per heavy atom. The van der Waals surface area contributed by atoms with Crippen molar-refractivity contribution in [3.63, 3.8) is 0 Å². The minimum Gasteiger partial charge on any atom is -0.454 e. The molecule has 0 aromatic heterocycles. The number of allylic oxidation sites excluding steroid dienone is 2. The van der Waals surface area contributed by atoms with Gasteiger partial charge in [0.1, 0.15) is 11.5 Å². The number of hydrogen-bond acceptors (Lipinski definition) is 3. The minimum absolute atomic E-state index is 0.425. The summed E-state index contributed by atoms with van der Waals surface area (Å²) in [6.07, 6.45) is 3.44. The quantitative estimate of drug-likeness (QED) is 0.662. The van der Waals surface area contributed by atoms with Crippen LogP contribution in [0.4, 0.5) is 0 Å². The van der Waals surface area contributed by atoms with Crippen molar-refractivity contribution in [2.45, 2.75) is 38.9 Å². The lowest BCUT2D eigenvalue weighted by Gasteiger charge is -2.34. The summed E-state index contributed by atoms with van der Waals surface area (Å²) in [5.74, 6) is 3.39. The molecule has 0 aromatic rings. The van der Waals surface area contributed by atoms with E-state index in [1.54, 1.807) is 0 Å². The second-order valence-electron chi connectivity index (χ2n) is 5.37. The lowest BCUT2D eigenvalue weighted by Crippen LogP contribution is -2.38. The Balaban J connectivity index is 1.79. The van der Waals surface area contributed by atoms with Gasteiger partial charge >= 0.3 is 0 Å². The van der Waals surface area contributed by atoms with Crippen LogP contribution < -0.4 is 5.32 Å². The molecule has 1 saturated heterocycles. The smallest absolute Gasteiger partial charge is 0.245 e. The fraction of sp³-hybridized carbons (Fsp3) is 0.833. The Hall–Kier alpha value is -0.700. The van der Waals surface area contributed by atoms with Crippen molar-refractivity contribution >= 4 is 0 Å². The number of ether oxygens (including phenoxy) is 2. The van der Waals surface area contributed by atoms with Crippen LogP contribution in [0.3, 0.4) is 0 Å². The van der Waals surface area contributed by atoms with Gasteiger partial charge in [-0.25, -0.2) is 0 Å². The van der Waals surface area contributed by atoms with Crippen molar-refractivity contribution in [2.75, 3.05) is 13.1 Å². The number of rotatable bonds is 0. The van der Waals surface area contributed by atoms with Crippen LogP contribution in [0.5, 0.6) is 0 Å². The molecule has 1 N–H and O–H groups in total. The Bertz CT molecular complexity index is 281. The summed E-state index contributed by atoms with van der Waals surface area (Å²) in [6, 6.07) is 0. The molecule has 2 unspecified atom stereocenters. The van der Waals surface area contributed by atoms with E-state index in [-0.39, 0.29) is 0 Å². The maximum atomic E-state index is 5.84. The summed E-state index contributed by atoms with van der Waals surface area (Å²) in [5, 5.41) is 3.47. The number of hydrogen-bond donors (Lipinski definition) is 1. The highest BCUT2D eigenvalue weighted by molar-refractivity contribution is 5.14. The van der Waals surface area contributed by atoms with Gasteiger partial charge in [-0.05, 0) is 31.3 Å². The molecule has 0 amide bonds. The molecular weight excluding hydrogens is 190 g/mol. The molecule has 2 heterocycles. The highest BCUT2D eigenvalue weighted by Crippen LogP contribution is 2.44. The SMILES string of the molecule is CC1(C)OC2=C(CC3CNCCC3C2)O1. The second kappa shape index (κ2) is 3.14. The summed E-state index contributed by atoms with van der Waals surface area (Å²) in [5.41, 5.74) is 0. The van der Waals surface area contributed by atoms with E-state index in [9.17, 15) is 0 Å². The van der Waals surface area contributed by atoms with Crippen LogP contribution in [0, 0.1) is 11.8 Å². The summed E-state index contributed by atoms with van der Waals surface area (Å²) in [4.78, 5) is 0. The number of piperidine rings is 1. The zero-order chi connectivity index (χ0) is 10.5. The summed E-state index contributed by atoms with van der Waals surface area (Å²) >= 11 is 0. The van der Waals surface area contributed by atoms with Crippen molar-refractivity contribution in [1.29, 1.82) is 0 Å². The van der Waals surface area contributed by atoms with Gasteiger partial charge in [0, 0.05) is 26.7 Å².